The second-order valence-electron chi connectivity index (χ2n) is 6.31. The van der Waals surface area contributed by atoms with Crippen LogP contribution >= 0.6 is 0 Å². The first kappa shape index (κ1) is 16.8. The third kappa shape index (κ3) is 3.98. The molecule has 0 radical (unpaired) electrons. The summed E-state index contributed by atoms with van der Waals surface area (Å²) >= 11 is 0. The molecule has 0 aliphatic rings. The molecule has 5 heteroatoms. The quantitative estimate of drug-likeness (QED) is 0.557. The average molecular weight is 356 g/mol. The Morgan fingerprint density at radius 2 is 1.67 bits per heavy atom. The molecule has 1 heterocycles. The largest absolute Gasteiger partial charge is 0.334 e. The van der Waals surface area contributed by atoms with Crippen molar-refractivity contribution in [3.8, 4) is 0 Å². The van der Waals surface area contributed by atoms with Crippen molar-refractivity contribution in [1.29, 1.82) is 0 Å². The Kier molecular flexibility index (Phi) is 4.83. The third-order valence-corrected chi connectivity index (χ3v) is 4.49. The van der Waals surface area contributed by atoms with E-state index >= 15 is 0 Å². The van der Waals surface area contributed by atoms with Gasteiger partial charge < -0.3 is 10.6 Å². The predicted octanol–water partition coefficient (Wildman–Crippen LogP) is 4.41. The third-order valence-electron chi connectivity index (χ3n) is 4.49. The second-order valence-corrected chi connectivity index (χ2v) is 6.31. The number of nitrogens with zero attached hydrogens (tertiary/aromatic N) is 2. The van der Waals surface area contributed by atoms with Crippen LogP contribution in [-0.4, -0.2) is 15.8 Å². The van der Waals surface area contributed by atoms with Crippen molar-refractivity contribution in [3.05, 3.63) is 96.3 Å². The van der Waals surface area contributed by atoms with Crippen LogP contribution in [0, 0.1) is 0 Å². The maximum atomic E-state index is 12.4. The second kappa shape index (κ2) is 7.74. The minimum Gasteiger partial charge on any atom is -0.334 e. The number of hydrogen-bond acceptors (Lipinski definition) is 2. The molecule has 0 atom stereocenters. The zero-order valence-electron chi connectivity index (χ0n) is 14.8. The minimum atomic E-state index is -0.222. The summed E-state index contributed by atoms with van der Waals surface area (Å²) in [6, 6.07) is 23.6. The van der Waals surface area contributed by atoms with Gasteiger partial charge in [0.1, 0.15) is 0 Å². The van der Waals surface area contributed by atoms with E-state index in [0.717, 1.165) is 27.6 Å². The molecule has 27 heavy (non-hydrogen) atoms. The lowest BCUT2D eigenvalue weighted by atomic mass is 10.1. The molecule has 0 saturated heterocycles. The highest BCUT2D eigenvalue weighted by Crippen LogP contribution is 2.22. The van der Waals surface area contributed by atoms with E-state index in [2.05, 4.69) is 21.8 Å². The van der Waals surface area contributed by atoms with Gasteiger partial charge in [0.05, 0.1) is 12.2 Å². The first-order valence-electron chi connectivity index (χ1n) is 8.86. The van der Waals surface area contributed by atoms with Gasteiger partial charge in [-0.05, 0) is 28.6 Å². The van der Waals surface area contributed by atoms with Gasteiger partial charge in [0.2, 0.25) is 0 Å². The number of urea groups is 1. The molecular formula is C22H20N4O. The van der Waals surface area contributed by atoms with Crippen LogP contribution in [0.25, 0.3) is 10.8 Å². The number of carbonyl (C=O) groups is 1. The summed E-state index contributed by atoms with van der Waals surface area (Å²) in [5.74, 6) is 0. The highest BCUT2D eigenvalue weighted by Gasteiger charge is 2.07. The van der Waals surface area contributed by atoms with E-state index < -0.39 is 0 Å². The van der Waals surface area contributed by atoms with E-state index in [1.807, 2.05) is 77.6 Å². The first-order chi connectivity index (χ1) is 13.3. The van der Waals surface area contributed by atoms with Crippen LogP contribution in [0.5, 0.6) is 0 Å². The normalized spacial score (nSPS) is 10.7. The van der Waals surface area contributed by atoms with Crippen molar-refractivity contribution in [2.75, 3.05) is 5.32 Å². The predicted molar refractivity (Wildman–Crippen MR) is 108 cm³/mol. The lowest BCUT2D eigenvalue weighted by molar-refractivity contribution is 0.251. The van der Waals surface area contributed by atoms with Crippen LogP contribution < -0.4 is 10.6 Å². The van der Waals surface area contributed by atoms with Gasteiger partial charge in [0.15, 0.2) is 0 Å². The number of aromatic nitrogens is 2. The Morgan fingerprint density at radius 1 is 0.889 bits per heavy atom. The molecule has 0 spiro atoms. The van der Waals surface area contributed by atoms with Crippen molar-refractivity contribution in [2.45, 2.75) is 13.1 Å². The number of hydrogen-bond donors (Lipinski definition) is 2. The van der Waals surface area contributed by atoms with E-state index in [4.69, 9.17) is 0 Å². The van der Waals surface area contributed by atoms with Crippen LogP contribution in [-0.2, 0) is 13.1 Å². The van der Waals surface area contributed by atoms with Gasteiger partial charge in [0.25, 0.3) is 0 Å². The molecule has 134 valence electrons. The summed E-state index contributed by atoms with van der Waals surface area (Å²) in [5.41, 5.74) is 3.00. The van der Waals surface area contributed by atoms with Crippen molar-refractivity contribution in [1.82, 2.24) is 15.1 Å². The SMILES string of the molecule is O=C(NCc1ccccc1Cn1cccn1)Nc1cccc2ccccc12. The highest BCUT2D eigenvalue weighted by molar-refractivity contribution is 6.01. The van der Waals surface area contributed by atoms with Gasteiger partial charge in [-0.15, -0.1) is 0 Å². The fourth-order valence-corrected chi connectivity index (χ4v) is 3.13. The van der Waals surface area contributed by atoms with Crippen molar-refractivity contribution >= 4 is 22.5 Å². The van der Waals surface area contributed by atoms with Crippen LogP contribution in [0.15, 0.2) is 85.2 Å². The zero-order chi connectivity index (χ0) is 18.5. The molecule has 0 aliphatic carbocycles. The van der Waals surface area contributed by atoms with Crippen molar-refractivity contribution in [3.63, 3.8) is 0 Å². The summed E-state index contributed by atoms with van der Waals surface area (Å²) in [4.78, 5) is 12.4. The maximum absolute atomic E-state index is 12.4. The fraction of sp³-hybridized carbons (Fsp3) is 0.0909. The summed E-state index contributed by atoms with van der Waals surface area (Å²) < 4.78 is 1.87. The minimum absolute atomic E-state index is 0.222. The molecule has 0 bridgehead atoms. The van der Waals surface area contributed by atoms with E-state index in [1.54, 1.807) is 6.20 Å². The lowest BCUT2D eigenvalue weighted by Crippen LogP contribution is -2.28. The Bertz CT molecular complexity index is 1050. The van der Waals surface area contributed by atoms with E-state index in [-0.39, 0.29) is 6.03 Å². The van der Waals surface area contributed by atoms with Crippen LogP contribution in [0.4, 0.5) is 10.5 Å². The molecule has 3 aromatic carbocycles. The lowest BCUT2D eigenvalue weighted by Gasteiger charge is -2.13. The fourth-order valence-electron chi connectivity index (χ4n) is 3.13. The average Bonchev–Trinajstić information content (AvgIpc) is 3.21. The highest BCUT2D eigenvalue weighted by atomic mass is 16.2. The first-order valence-corrected chi connectivity index (χ1v) is 8.86. The number of rotatable bonds is 5. The Morgan fingerprint density at radius 3 is 2.52 bits per heavy atom. The number of carbonyl (C=O) groups excluding carboxylic acids is 1. The Balaban J connectivity index is 1.44. The number of nitrogens with one attached hydrogen (secondary N) is 2. The van der Waals surface area contributed by atoms with E-state index in [1.165, 1.54) is 0 Å². The van der Waals surface area contributed by atoms with Crippen LogP contribution in [0.2, 0.25) is 0 Å². The number of anilines is 1. The number of benzene rings is 3. The monoisotopic (exact) mass is 356 g/mol. The molecule has 4 aromatic rings. The summed E-state index contributed by atoms with van der Waals surface area (Å²) in [7, 11) is 0. The molecule has 1 aromatic heterocycles. The van der Waals surface area contributed by atoms with Crippen LogP contribution in [0.1, 0.15) is 11.1 Å². The Labute approximate surface area is 157 Å². The standard InChI is InChI=1S/C22H20N4O/c27-22(25-21-12-5-10-17-7-3-4-11-20(17)21)23-15-18-8-1-2-9-19(18)16-26-14-6-13-24-26/h1-14H,15-16H2,(H2,23,25,27). The van der Waals surface area contributed by atoms with Crippen molar-refractivity contribution in [2.24, 2.45) is 0 Å². The van der Waals surface area contributed by atoms with Gasteiger partial charge in [-0.2, -0.15) is 5.10 Å². The van der Waals surface area contributed by atoms with Gasteiger partial charge in [-0.3, -0.25) is 4.68 Å². The zero-order valence-corrected chi connectivity index (χ0v) is 14.8. The van der Waals surface area contributed by atoms with Crippen LogP contribution in [0.3, 0.4) is 0 Å². The topological polar surface area (TPSA) is 59.0 Å². The smallest absolute Gasteiger partial charge is 0.319 e. The molecule has 0 saturated carbocycles. The van der Waals surface area contributed by atoms with Gasteiger partial charge >= 0.3 is 6.03 Å². The molecule has 4 rings (SSSR count). The summed E-state index contributed by atoms with van der Waals surface area (Å²) in [6.07, 6.45) is 3.69. The number of fused-ring (bicyclic) bond motifs is 1. The summed E-state index contributed by atoms with van der Waals surface area (Å²) in [5, 5.41) is 12.3. The van der Waals surface area contributed by atoms with Gasteiger partial charge in [0, 0.05) is 24.3 Å². The van der Waals surface area contributed by atoms with Gasteiger partial charge in [-0.25, -0.2) is 4.79 Å². The molecule has 0 aliphatic heterocycles. The summed E-state index contributed by atoms with van der Waals surface area (Å²) in [6.45, 7) is 1.13. The van der Waals surface area contributed by atoms with Gasteiger partial charge in [-0.1, -0.05) is 60.7 Å². The van der Waals surface area contributed by atoms with E-state index in [9.17, 15) is 4.79 Å². The molecule has 0 fully saturated rings. The molecule has 2 N–H and O–H groups in total. The van der Waals surface area contributed by atoms with E-state index in [0.29, 0.717) is 13.1 Å². The molecule has 2 amide bonds. The number of amides is 2. The van der Waals surface area contributed by atoms with Crippen molar-refractivity contribution < 1.29 is 4.79 Å². The maximum Gasteiger partial charge on any atom is 0.319 e. The Hall–Kier alpha value is -3.60. The molecule has 5 nitrogen and oxygen atoms in total. The molecular weight excluding hydrogens is 336 g/mol. The molecule has 0 unspecified atom stereocenters.